The Kier molecular flexibility index (Phi) is 2.52. The molecule has 0 bridgehead atoms. The number of nitrogen functional groups attached to an aromatic ring is 1. The minimum Gasteiger partial charge on any atom is -0.383 e. The van der Waals surface area contributed by atoms with Crippen LogP contribution in [0, 0.1) is 6.92 Å². The Morgan fingerprint density at radius 1 is 1.44 bits per heavy atom. The van der Waals surface area contributed by atoms with Crippen molar-refractivity contribution in [3.8, 4) is 0 Å². The number of hydrogen-bond acceptors (Lipinski definition) is 5. The molecular formula is C11H13N3S2. The minimum atomic E-state index is 0.453. The van der Waals surface area contributed by atoms with Crippen LogP contribution in [0.3, 0.4) is 0 Å². The van der Waals surface area contributed by atoms with Crippen LogP contribution in [0.15, 0.2) is 6.07 Å². The molecular weight excluding hydrogens is 238 g/mol. The van der Waals surface area contributed by atoms with Crippen LogP contribution in [-0.4, -0.2) is 15.7 Å². The normalized spacial score (nSPS) is 20.7. The smallest absolute Gasteiger partial charge is 0.145 e. The van der Waals surface area contributed by atoms with Crippen molar-refractivity contribution in [2.45, 2.75) is 25.0 Å². The Bertz CT molecular complexity index is 529. The average Bonchev–Trinajstić information content (AvgIpc) is 2.84. The summed E-state index contributed by atoms with van der Waals surface area (Å²) < 4.78 is 0. The van der Waals surface area contributed by atoms with Crippen LogP contribution in [0.4, 0.5) is 5.82 Å². The standard InChI is InChI=1S/C11H13N3S2/c1-6-5-7-9(12)13-10(14-11(7)16-6)8-3-2-4-15-8/h5,8H,2-4H2,1H3,(H2,12,13,14). The van der Waals surface area contributed by atoms with Crippen molar-refractivity contribution < 1.29 is 0 Å². The van der Waals surface area contributed by atoms with Gasteiger partial charge in [0.05, 0.1) is 10.6 Å². The van der Waals surface area contributed by atoms with Gasteiger partial charge in [-0.05, 0) is 31.6 Å². The molecule has 1 aliphatic heterocycles. The number of rotatable bonds is 1. The molecule has 0 spiro atoms. The van der Waals surface area contributed by atoms with Crippen molar-refractivity contribution in [2.75, 3.05) is 11.5 Å². The summed E-state index contributed by atoms with van der Waals surface area (Å²) in [6, 6.07) is 2.07. The topological polar surface area (TPSA) is 51.8 Å². The van der Waals surface area contributed by atoms with E-state index in [1.165, 1.54) is 23.5 Å². The molecule has 2 N–H and O–H groups in total. The van der Waals surface area contributed by atoms with E-state index in [1.807, 2.05) is 11.8 Å². The van der Waals surface area contributed by atoms with Gasteiger partial charge >= 0.3 is 0 Å². The molecule has 1 unspecified atom stereocenters. The number of anilines is 1. The first-order valence-electron chi connectivity index (χ1n) is 5.39. The van der Waals surface area contributed by atoms with E-state index in [1.54, 1.807) is 11.3 Å². The van der Waals surface area contributed by atoms with Crippen molar-refractivity contribution >= 4 is 39.1 Å². The van der Waals surface area contributed by atoms with Crippen LogP contribution >= 0.6 is 23.1 Å². The van der Waals surface area contributed by atoms with Gasteiger partial charge < -0.3 is 5.73 Å². The molecule has 0 aromatic carbocycles. The maximum absolute atomic E-state index is 5.98. The Labute approximate surface area is 102 Å². The number of fused-ring (bicyclic) bond motifs is 1. The number of aryl methyl sites for hydroxylation is 1. The van der Waals surface area contributed by atoms with Crippen molar-refractivity contribution in [2.24, 2.45) is 0 Å². The second-order valence-corrected chi connectivity index (χ2v) is 6.59. The summed E-state index contributed by atoms with van der Waals surface area (Å²) in [5, 5.41) is 1.46. The van der Waals surface area contributed by atoms with Crippen molar-refractivity contribution in [1.82, 2.24) is 9.97 Å². The van der Waals surface area contributed by atoms with Gasteiger partial charge in [0.15, 0.2) is 0 Å². The van der Waals surface area contributed by atoms with E-state index < -0.39 is 0 Å². The summed E-state index contributed by atoms with van der Waals surface area (Å²) in [5.74, 6) is 2.78. The van der Waals surface area contributed by atoms with Gasteiger partial charge in [-0.3, -0.25) is 0 Å². The summed E-state index contributed by atoms with van der Waals surface area (Å²) in [6.45, 7) is 2.08. The summed E-state index contributed by atoms with van der Waals surface area (Å²) in [4.78, 5) is 11.4. The monoisotopic (exact) mass is 251 g/mol. The first-order chi connectivity index (χ1) is 7.74. The van der Waals surface area contributed by atoms with Crippen LogP contribution in [0.2, 0.25) is 0 Å². The summed E-state index contributed by atoms with van der Waals surface area (Å²) in [7, 11) is 0. The number of hydrogen-bond donors (Lipinski definition) is 1. The van der Waals surface area contributed by atoms with Gasteiger partial charge in [0.2, 0.25) is 0 Å². The zero-order chi connectivity index (χ0) is 11.1. The fraction of sp³-hybridized carbons (Fsp3) is 0.455. The van der Waals surface area contributed by atoms with Crippen LogP contribution < -0.4 is 5.73 Å². The Hall–Kier alpha value is -0.810. The first kappa shape index (κ1) is 10.4. The Morgan fingerprint density at radius 2 is 2.31 bits per heavy atom. The molecule has 3 nitrogen and oxygen atoms in total. The van der Waals surface area contributed by atoms with Crippen LogP contribution in [-0.2, 0) is 0 Å². The molecule has 3 rings (SSSR count). The molecule has 84 valence electrons. The van der Waals surface area contributed by atoms with Crippen LogP contribution in [0.1, 0.15) is 28.8 Å². The zero-order valence-corrected chi connectivity index (χ0v) is 10.7. The highest BCUT2D eigenvalue weighted by molar-refractivity contribution is 7.99. The molecule has 1 saturated heterocycles. The number of nitrogens with two attached hydrogens (primary N) is 1. The SMILES string of the molecule is Cc1cc2c(N)nc(C3CCCS3)nc2s1. The highest BCUT2D eigenvalue weighted by Crippen LogP contribution is 2.39. The summed E-state index contributed by atoms with van der Waals surface area (Å²) in [6.07, 6.45) is 2.44. The minimum absolute atomic E-state index is 0.453. The molecule has 0 aliphatic carbocycles. The maximum Gasteiger partial charge on any atom is 0.145 e. The largest absolute Gasteiger partial charge is 0.383 e. The van der Waals surface area contributed by atoms with E-state index in [9.17, 15) is 0 Å². The fourth-order valence-corrected chi connectivity index (χ4v) is 4.11. The molecule has 0 amide bonds. The molecule has 5 heteroatoms. The van der Waals surface area contributed by atoms with Crippen LogP contribution in [0.25, 0.3) is 10.2 Å². The molecule has 1 fully saturated rings. The average molecular weight is 251 g/mol. The maximum atomic E-state index is 5.98. The van der Waals surface area contributed by atoms with Crippen molar-refractivity contribution in [1.29, 1.82) is 0 Å². The quantitative estimate of drug-likeness (QED) is 0.846. The molecule has 0 saturated carbocycles. The molecule has 1 atom stereocenters. The first-order valence-corrected chi connectivity index (χ1v) is 7.26. The summed E-state index contributed by atoms with van der Waals surface area (Å²) >= 11 is 3.64. The number of thiophene rings is 1. The predicted octanol–water partition coefficient (Wildman–Crippen LogP) is 3.15. The zero-order valence-electron chi connectivity index (χ0n) is 9.06. The fourth-order valence-electron chi connectivity index (χ4n) is 2.01. The predicted molar refractivity (Wildman–Crippen MR) is 71.0 cm³/mol. The lowest BCUT2D eigenvalue weighted by Crippen LogP contribution is -2.01. The van der Waals surface area contributed by atoms with E-state index >= 15 is 0 Å². The summed E-state index contributed by atoms with van der Waals surface area (Å²) in [5.41, 5.74) is 5.98. The third-order valence-electron chi connectivity index (χ3n) is 2.78. The van der Waals surface area contributed by atoms with Gasteiger partial charge in [-0.1, -0.05) is 0 Å². The molecule has 2 aromatic heterocycles. The molecule has 16 heavy (non-hydrogen) atoms. The molecule has 3 heterocycles. The van der Waals surface area contributed by atoms with E-state index in [0.717, 1.165) is 16.0 Å². The van der Waals surface area contributed by atoms with Gasteiger partial charge in [0.1, 0.15) is 16.5 Å². The third-order valence-corrected chi connectivity index (χ3v) is 5.10. The second kappa shape index (κ2) is 3.89. The molecule has 2 aromatic rings. The van der Waals surface area contributed by atoms with E-state index in [2.05, 4.69) is 23.0 Å². The number of nitrogens with zero attached hydrogens (tertiary/aromatic N) is 2. The van der Waals surface area contributed by atoms with E-state index in [0.29, 0.717) is 11.1 Å². The molecule has 1 aliphatic rings. The van der Waals surface area contributed by atoms with E-state index in [-0.39, 0.29) is 0 Å². The number of aromatic nitrogens is 2. The molecule has 0 radical (unpaired) electrons. The third kappa shape index (κ3) is 1.68. The van der Waals surface area contributed by atoms with Gasteiger partial charge in [-0.15, -0.1) is 11.3 Å². The van der Waals surface area contributed by atoms with Crippen molar-refractivity contribution in [3.05, 3.63) is 16.8 Å². The van der Waals surface area contributed by atoms with Crippen molar-refractivity contribution in [3.63, 3.8) is 0 Å². The lowest BCUT2D eigenvalue weighted by atomic mass is 10.2. The van der Waals surface area contributed by atoms with Gasteiger partial charge in [-0.25, -0.2) is 9.97 Å². The second-order valence-electron chi connectivity index (χ2n) is 4.04. The van der Waals surface area contributed by atoms with Crippen LogP contribution in [0.5, 0.6) is 0 Å². The van der Waals surface area contributed by atoms with Gasteiger partial charge in [0, 0.05) is 4.88 Å². The Morgan fingerprint density at radius 3 is 3.06 bits per heavy atom. The van der Waals surface area contributed by atoms with E-state index in [4.69, 9.17) is 5.73 Å². The number of thioether (sulfide) groups is 1. The van der Waals surface area contributed by atoms with Gasteiger partial charge in [-0.2, -0.15) is 11.8 Å². The lowest BCUT2D eigenvalue weighted by molar-refractivity contribution is 0.785. The Balaban J connectivity index is 2.12. The van der Waals surface area contributed by atoms with Gasteiger partial charge in [0.25, 0.3) is 0 Å². The highest BCUT2D eigenvalue weighted by Gasteiger charge is 2.21. The lowest BCUT2D eigenvalue weighted by Gasteiger charge is -2.07. The highest BCUT2D eigenvalue weighted by atomic mass is 32.2.